The van der Waals surface area contributed by atoms with Crippen molar-refractivity contribution >= 4 is 10.0 Å². The summed E-state index contributed by atoms with van der Waals surface area (Å²) in [5, 5.41) is 13.7. The summed E-state index contributed by atoms with van der Waals surface area (Å²) >= 11 is 0. The molecule has 0 amide bonds. The number of nitrogens with zero attached hydrogens (tertiary/aromatic N) is 1. The van der Waals surface area contributed by atoms with Gasteiger partial charge in [-0.1, -0.05) is 0 Å². The number of hydrogen-bond donors (Lipinski definition) is 1. The van der Waals surface area contributed by atoms with Crippen molar-refractivity contribution in [3.05, 3.63) is 23.8 Å². The topological polar surface area (TPSA) is 93.2 Å². The summed E-state index contributed by atoms with van der Waals surface area (Å²) in [5.41, 5.74) is 0.243. The maximum Gasteiger partial charge on any atom is 0.241 e. The third kappa shape index (κ3) is 2.32. The van der Waals surface area contributed by atoms with Crippen LogP contribution in [0.15, 0.2) is 23.1 Å². The number of nitriles is 1. The molecule has 1 saturated carbocycles. The van der Waals surface area contributed by atoms with Crippen molar-refractivity contribution < 1.29 is 13.2 Å². The lowest BCUT2D eigenvalue weighted by Crippen LogP contribution is -2.14. The van der Waals surface area contributed by atoms with E-state index in [4.69, 9.17) is 15.1 Å². The van der Waals surface area contributed by atoms with Crippen LogP contribution in [0.1, 0.15) is 18.4 Å². The van der Waals surface area contributed by atoms with E-state index in [0.29, 0.717) is 0 Å². The molecule has 1 aromatic carbocycles. The lowest BCUT2D eigenvalue weighted by Gasteiger charge is -2.09. The molecule has 84 valence electrons. The van der Waals surface area contributed by atoms with E-state index in [-0.39, 0.29) is 22.3 Å². The number of ether oxygens (including phenoxy) is 1. The van der Waals surface area contributed by atoms with E-state index in [1.54, 1.807) is 0 Å². The Hall–Kier alpha value is -1.58. The number of sulfonamides is 1. The van der Waals surface area contributed by atoms with Gasteiger partial charge >= 0.3 is 0 Å². The van der Waals surface area contributed by atoms with Crippen LogP contribution in [-0.2, 0) is 10.0 Å². The molecule has 0 atom stereocenters. The zero-order valence-corrected chi connectivity index (χ0v) is 9.20. The summed E-state index contributed by atoms with van der Waals surface area (Å²) in [6, 6.07) is 6.06. The molecule has 0 spiro atoms. The average molecular weight is 238 g/mol. The summed E-state index contributed by atoms with van der Waals surface area (Å²) in [6.45, 7) is 0. The molecule has 16 heavy (non-hydrogen) atoms. The van der Waals surface area contributed by atoms with Gasteiger partial charge in [0.05, 0.1) is 17.7 Å². The monoisotopic (exact) mass is 238 g/mol. The number of primary sulfonamides is 1. The zero-order chi connectivity index (χ0) is 11.8. The molecule has 1 aliphatic rings. The second-order valence-corrected chi connectivity index (χ2v) is 5.17. The normalized spacial score (nSPS) is 15.5. The van der Waals surface area contributed by atoms with Crippen molar-refractivity contribution in [3.63, 3.8) is 0 Å². The Balaban J connectivity index is 2.47. The van der Waals surface area contributed by atoms with E-state index < -0.39 is 10.0 Å². The average Bonchev–Trinajstić information content (AvgIpc) is 3.01. The standard InChI is InChI=1S/C10H10N2O3S/c11-6-7-1-4-9(15-8-2-3-8)10(5-7)16(12,13)14/h1,4-5,8H,2-3H2,(H2,12,13,14). The molecule has 2 rings (SSSR count). The Morgan fingerprint density at radius 2 is 2.12 bits per heavy atom. The maximum absolute atomic E-state index is 11.3. The largest absolute Gasteiger partial charge is 0.489 e. The summed E-state index contributed by atoms with van der Waals surface area (Å²) in [5.74, 6) is 0.226. The van der Waals surface area contributed by atoms with Crippen LogP contribution in [0.25, 0.3) is 0 Å². The van der Waals surface area contributed by atoms with E-state index in [1.165, 1.54) is 18.2 Å². The van der Waals surface area contributed by atoms with Crippen molar-refractivity contribution in [1.29, 1.82) is 5.26 Å². The Bertz CT molecular complexity index is 556. The van der Waals surface area contributed by atoms with Crippen LogP contribution in [0.3, 0.4) is 0 Å². The third-order valence-corrected chi connectivity index (χ3v) is 3.13. The van der Waals surface area contributed by atoms with Gasteiger partial charge in [0, 0.05) is 0 Å². The number of benzene rings is 1. The Kier molecular flexibility index (Phi) is 2.58. The van der Waals surface area contributed by atoms with Crippen molar-refractivity contribution in [2.45, 2.75) is 23.8 Å². The van der Waals surface area contributed by atoms with Gasteiger partial charge in [-0.05, 0) is 31.0 Å². The number of rotatable bonds is 3. The first kappa shape index (κ1) is 10.9. The smallest absolute Gasteiger partial charge is 0.241 e. The highest BCUT2D eigenvalue weighted by Crippen LogP contribution is 2.31. The van der Waals surface area contributed by atoms with Crippen LogP contribution in [-0.4, -0.2) is 14.5 Å². The van der Waals surface area contributed by atoms with Crippen molar-refractivity contribution in [3.8, 4) is 11.8 Å². The van der Waals surface area contributed by atoms with Gasteiger partial charge < -0.3 is 4.74 Å². The lowest BCUT2D eigenvalue weighted by atomic mass is 10.2. The highest BCUT2D eigenvalue weighted by molar-refractivity contribution is 7.89. The molecule has 0 aromatic heterocycles. The highest BCUT2D eigenvalue weighted by atomic mass is 32.2. The molecular formula is C10H10N2O3S. The molecule has 0 saturated heterocycles. The van der Waals surface area contributed by atoms with Gasteiger partial charge in [0.2, 0.25) is 10.0 Å². The summed E-state index contributed by atoms with van der Waals surface area (Å²) in [6.07, 6.45) is 1.92. The zero-order valence-electron chi connectivity index (χ0n) is 8.38. The Morgan fingerprint density at radius 1 is 1.44 bits per heavy atom. The van der Waals surface area contributed by atoms with Crippen LogP contribution in [0, 0.1) is 11.3 Å². The van der Waals surface area contributed by atoms with Crippen molar-refractivity contribution in [2.75, 3.05) is 0 Å². The van der Waals surface area contributed by atoms with Gasteiger partial charge in [-0.2, -0.15) is 5.26 Å². The van der Waals surface area contributed by atoms with Crippen LogP contribution in [0.4, 0.5) is 0 Å². The number of hydrogen-bond acceptors (Lipinski definition) is 4. The molecule has 0 aliphatic heterocycles. The molecule has 1 fully saturated rings. The summed E-state index contributed by atoms with van der Waals surface area (Å²) in [7, 11) is -3.86. The fourth-order valence-electron chi connectivity index (χ4n) is 1.26. The summed E-state index contributed by atoms with van der Waals surface area (Å²) in [4.78, 5) is -0.126. The fourth-order valence-corrected chi connectivity index (χ4v) is 1.95. The molecule has 2 N–H and O–H groups in total. The second kappa shape index (κ2) is 3.77. The minimum absolute atomic E-state index is 0.0773. The molecule has 0 bridgehead atoms. The minimum Gasteiger partial charge on any atom is -0.489 e. The SMILES string of the molecule is N#Cc1ccc(OC2CC2)c(S(N)(=O)=O)c1. The molecule has 0 unspecified atom stereocenters. The van der Waals surface area contributed by atoms with E-state index >= 15 is 0 Å². The Labute approximate surface area is 93.5 Å². The molecule has 0 radical (unpaired) electrons. The van der Waals surface area contributed by atoms with Crippen molar-refractivity contribution in [1.82, 2.24) is 0 Å². The van der Waals surface area contributed by atoms with Gasteiger partial charge in [0.1, 0.15) is 10.6 Å². The van der Waals surface area contributed by atoms with Gasteiger partial charge in [-0.25, -0.2) is 13.6 Å². The molecular weight excluding hydrogens is 228 g/mol. The fraction of sp³-hybridized carbons (Fsp3) is 0.300. The maximum atomic E-state index is 11.3. The van der Waals surface area contributed by atoms with E-state index in [0.717, 1.165) is 12.8 Å². The van der Waals surface area contributed by atoms with Crippen molar-refractivity contribution in [2.24, 2.45) is 5.14 Å². The molecule has 6 heteroatoms. The molecule has 0 heterocycles. The number of nitrogens with two attached hydrogens (primary N) is 1. The lowest BCUT2D eigenvalue weighted by molar-refractivity contribution is 0.295. The predicted octanol–water partition coefficient (Wildman–Crippen LogP) is 0.747. The van der Waals surface area contributed by atoms with E-state index in [1.807, 2.05) is 6.07 Å². The third-order valence-electron chi connectivity index (χ3n) is 2.20. The van der Waals surface area contributed by atoms with Gasteiger partial charge in [0.25, 0.3) is 0 Å². The van der Waals surface area contributed by atoms with E-state index in [2.05, 4.69) is 0 Å². The first-order chi connectivity index (χ1) is 7.50. The predicted molar refractivity (Wildman–Crippen MR) is 56.2 cm³/mol. The minimum atomic E-state index is -3.86. The van der Waals surface area contributed by atoms with Crippen LogP contribution in [0.5, 0.6) is 5.75 Å². The van der Waals surface area contributed by atoms with E-state index in [9.17, 15) is 8.42 Å². The molecule has 5 nitrogen and oxygen atoms in total. The molecule has 1 aliphatic carbocycles. The van der Waals surface area contributed by atoms with Gasteiger partial charge in [-0.15, -0.1) is 0 Å². The van der Waals surface area contributed by atoms with Crippen LogP contribution < -0.4 is 9.88 Å². The molecule has 1 aromatic rings. The van der Waals surface area contributed by atoms with Crippen LogP contribution >= 0.6 is 0 Å². The Morgan fingerprint density at radius 3 is 2.62 bits per heavy atom. The van der Waals surface area contributed by atoms with Gasteiger partial charge in [-0.3, -0.25) is 0 Å². The van der Waals surface area contributed by atoms with Gasteiger partial charge in [0.15, 0.2) is 0 Å². The first-order valence-electron chi connectivity index (χ1n) is 4.74. The first-order valence-corrected chi connectivity index (χ1v) is 6.29. The van der Waals surface area contributed by atoms with Crippen LogP contribution in [0.2, 0.25) is 0 Å². The quantitative estimate of drug-likeness (QED) is 0.840. The second-order valence-electron chi connectivity index (χ2n) is 3.64. The summed E-state index contributed by atoms with van der Waals surface area (Å²) < 4.78 is 28.0. The highest BCUT2D eigenvalue weighted by Gasteiger charge is 2.26.